The van der Waals surface area contributed by atoms with Crippen molar-refractivity contribution in [3.63, 3.8) is 0 Å². The van der Waals surface area contributed by atoms with E-state index in [-0.39, 0.29) is 6.04 Å². The molecule has 0 bridgehead atoms. The van der Waals surface area contributed by atoms with Gasteiger partial charge in [0.25, 0.3) is 0 Å². The summed E-state index contributed by atoms with van der Waals surface area (Å²) >= 11 is 0. The molecule has 2 N–H and O–H groups in total. The van der Waals surface area contributed by atoms with Gasteiger partial charge in [-0.25, -0.2) is 14.7 Å². The molecule has 0 fully saturated rings. The molecule has 0 saturated heterocycles. The van der Waals surface area contributed by atoms with Crippen molar-refractivity contribution >= 4 is 5.96 Å². The summed E-state index contributed by atoms with van der Waals surface area (Å²) in [5.74, 6) is 3.81. The smallest absolute Gasteiger partial charge is 0.192 e. The van der Waals surface area contributed by atoms with Crippen LogP contribution in [0.3, 0.4) is 0 Å². The summed E-state index contributed by atoms with van der Waals surface area (Å²) in [6.45, 7) is 10.5. The molecule has 1 aliphatic rings. The Morgan fingerprint density at radius 3 is 2.93 bits per heavy atom. The molecule has 1 unspecified atom stereocenters. The Balaban J connectivity index is 1.69. The second kappa shape index (κ2) is 9.01. The van der Waals surface area contributed by atoms with Crippen molar-refractivity contribution in [1.29, 1.82) is 0 Å². The highest BCUT2D eigenvalue weighted by molar-refractivity contribution is 5.80. The van der Waals surface area contributed by atoms with Gasteiger partial charge in [-0.2, -0.15) is 5.10 Å². The molecule has 0 amide bonds. The topological polar surface area (TPSA) is 93.2 Å². The maximum Gasteiger partial charge on any atom is 0.192 e. The zero-order valence-corrected chi connectivity index (χ0v) is 16.8. The van der Waals surface area contributed by atoms with E-state index in [0.29, 0.717) is 12.5 Å². The van der Waals surface area contributed by atoms with Gasteiger partial charge < -0.3 is 15.2 Å². The number of nitrogens with one attached hydrogen (secondary N) is 2. The summed E-state index contributed by atoms with van der Waals surface area (Å²) in [5.41, 5.74) is 1.03. The van der Waals surface area contributed by atoms with E-state index in [1.807, 2.05) is 17.7 Å². The third-order valence-corrected chi connectivity index (χ3v) is 5.01. The van der Waals surface area contributed by atoms with Crippen LogP contribution >= 0.6 is 0 Å². The lowest BCUT2D eigenvalue weighted by Gasteiger charge is -2.24. The van der Waals surface area contributed by atoms with Crippen LogP contribution in [0.25, 0.3) is 0 Å². The molecule has 0 spiro atoms. The number of guanidine groups is 1. The van der Waals surface area contributed by atoms with Crippen LogP contribution in [0, 0.1) is 6.92 Å². The van der Waals surface area contributed by atoms with Gasteiger partial charge in [0.1, 0.15) is 18.2 Å². The second-order valence-corrected chi connectivity index (χ2v) is 7.01. The van der Waals surface area contributed by atoms with E-state index in [4.69, 9.17) is 4.52 Å². The summed E-state index contributed by atoms with van der Waals surface area (Å²) < 4.78 is 7.49. The van der Waals surface area contributed by atoms with Crippen LogP contribution in [-0.4, -0.2) is 32.4 Å². The van der Waals surface area contributed by atoms with Crippen molar-refractivity contribution in [3.8, 4) is 0 Å². The minimum absolute atomic E-state index is 0.118. The SMILES string of the molecule is CCNC(=NCc1cc(C(CC)CC)no1)NC1CCCn2nc(C)nc21. The van der Waals surface area contributed by atoms with Gasteiger partial charge in [-0.05, 0) is 39.5 Å². The van der Waals surface area contributed by atoms with Gasteiger partial charge >= 0.3 is 0 Å². The molecule has 0 radical (unpaired) electrons. The van der Waals surface area contributed by atoms with Crippen LogP contribution in [0.15, 0.2) is 15.6 Å². The van der Waals surface area contributed by atoms with Gasteiger partial charge in [0.2, 0.25) is 0 Å². The Morgan fingerprint density at radius 1 is 1.37 bits per heavy atom. The van der Waals surface area contributed by atoms with Gasteiger partial charge in [0.05, 0.1) is 11.7 Å². The normalized spacial score (nSPS) is 17.2. The summed E-state index contributed by atoms with van der Waals surface area (Å²) in [5, 5.41) is 15.5. The number of aryl methyl sites for hydroxylation is 2. The molecule has 1 atom stereocenters. The molecular weight excluding hydrogens is 342 g/mol. The number of hydrogen-bond donors (Lipinski definition) is 2. The van der Waals surface area contributed by atoms with Crippen molar-refractivity contribution in [2.45, 2.75) is 78.4 Å². The lowest BCUT2D eigenvalue weighted by Crippen LogP contribution is -2.41. The number of hydrogen-bond acceptors (Lipinski definition) is 5. The van der Waals surface area contributed by atoms with E-state index in [9.17, 15) is 0 Å². The first-order chi connectivity index (χ1) is 13.1. The fraction of sp³-hybridized carbons (Fsp3) is 0.684. The van der Waals surface area contributed by atoms with Crippen LogP contribution in [0.5, 0.6) is 0 Å². The summed E-state index contributed by atoms with van der Waals surface area (Å²) in [4.78, 5) is 9.27. The molecule has 3 heterocycles. The largest absolute Gasteiger partial charge is 0.359 e. The highest BCUT2D eigenvalue weighted by Crippen LogP contribution is 2.24. The standard InChI is InChI=1S/C19H31N7O/c1-5-14(6-2)17-11-15(27-25-17)12-21-19(20-7-3)23-16-9-8-10-26-18(16)22-13(4)24-26/h11,14,16H,5-10,12H2,1-4H3,(H2,20,21,23). The van der Waals surface area contributed by atoms with E-state index in [1.54, 1.807) is 0 Å². The minimum Gasteiger partial charge on any atom is -0.359 e. The third kappa shape index (κ3) is 4.67. The highest BCUT2D eigenvalue weighted by atomic mass is 16.5. The lowest BCUT2D eigenvalue weighted by atomic mass is 9.99. The molecule has 2 aromatic heterocycles. The van der Waals surface area contributed by atoms with Gasteiger partial charge in [-0.1, -0.05) is 19.0 Å². The number of nitrogens with zero attached hydrogens (tertiary/aromatic N) is 5. The first-order valence-electron chi connectivity index (χ1n) is 10.1. The molecule has 2 aromatic rings. The Bertz CT molecular complexity index is 760. The molecule has 0 aliphatic carbocycles. The van der Waals surface area contributed by atoms with E-state index >= 15 is 0 Å². The molecule has 1 aliphatic heterocycles. The van der Waals surface area contributed by atoms with Gasteiger partial charge in [-0.3, -0.25) is 0 Å². The fourth-order valence-electron chi connectivity index (χ4n) is 3.55. The molecule has 8 heteroatoms. The second-order valence-electron chi connectivity index (χ2n) is 7.01. The third-order valence-electron chi connectivity index (χ3n) is 5.01. The zero-order chi connectivity index (χ0) is 19.2. The number of rotatable bonds is 7. The molecule has 3 rings (SSSR count). The van der Waals surface area contributed by atoms with Crippen molar-refractivity contribution in [2.24, 2.45) is 4.99 Å². The van der Waals surface area contributed by atoms with Crippen molar-refractivity contribution in [2.75, 3.05) is 6.54 Å². The summed E-state index contributed by atoms with van der Waals surface area (Å²) in [6.07, 6.45) is 4.23. The summed E-state index contributed by atoms with van der Waals surface area (Å²) in [6, 6.07) is 2.15. The van der Waals surface area contributed by atoms with Gasteiger partial charge in [-0.15, -0.1) is 0 Å². The van der Waals surface area contributed by atoms with E-state index in [0.717, 1.165) is 67.8 Å². The first-order valence-corrected chi connectivity index (χ1v) is 10.1. The molecule has 0 saturated carbocycles. The Hall–Kier alpha value is -2.38. The predicted molar refractivity (Wildman–Crippen MR) is 105 cm³/mol. The minimum atomic E-state index is 0.118. The van der Waals surface area contributed by atoms with Crippen LogP contribution in [-0.2, 0) is 13.1 Å². The Labute approximate surface area is 160 Å². The van der Waals surface area contributed by atoms with Crippen LogP contribution in [0.1, 0.15) is 81.5 Å². The lowest BCUT2D eigenvalue weighted by molar-refractivity contribution is 0.371. The molecule has 27 heavy (non-hydrogen) atoms. The molecular formula is C19H31N7O. The van der Waals surface area contributed by atoms with Gasteiger partial charge in [0.15, 0.2) is 11.7 Å². The molecule has 0 aromatic carbocycles. The first kappa shape index (κ1) is 19.4. The average molecular weight is 374 g/mol. The average Bonchev–Trinajstić information content (AvgIpc) is 3.27. The van der Waals surface area contributed by atoms with E-state index < -0.39 is 0 Å². The van der Waals surface area contributed by atoms with E-state index in [1.165, 1.54) is 0 Å². The fourth-order valence-corrected chi connectivity index (χ4v) is 3.55. The molecule has 148 valence electrons. The number of aromatic nitrogens is 4. The van der Waals surface area contributed by atoms with Crippen LogP contribution in [0.2, 0.25) is 0 Å². The van der Waals surface area contributed by atoms with Crippen LogP contribution in [0.4, 0.5) is 0 Å². The van der Waals surface area contributed by atoms with Crippen molar-refractivity contribution < 1.29 is 4.52 Å². The van der Waals surface area contributed by atoms with Crippen LogP contribution < -0.4 is 10.6 Å². The maximum absolute atomic E-state index is 5.49. The highest BCUT2D eigenvalue weighted by Gasteiger charge is 2.24. The van der Waals surface area contributed by atoms with E-state index in [2.05, 4.69) is 51.6 Å². The zero-order valence-electron chi connectivity index (χ0n) is 16.8. The quantitative estimate of drug-likeness (QED) is 0.572. The van der Waals surface area contributed by atoms with Crippen molar-refractivity contribution in [3.05, 3.63) is 29.2 Å². The maximum atomic E-state index is 5.49. The van der Waals surface area contributed by atoms with Crippen molar-refractivity contribution in [1.82, 2.24) is 30.6 Å². The Morgan fingerprint density at radius 2 is 2.19 bits per heavy atom. The summed E-state index contributed by atoms with van der Waals surface area (Å²) in [7, 11) is 0. The van der Waals surface area contributed by atoms with Gasteiger partial charge in [0, 0.05) is 25.1 Å². The Kier molecular flexibility index (Phi) is 6.47. The number of aliphatic imine (C=N–C) groups is 1. The monoisotopic (exact) mass is 373 g/mol. The molecule has 8 nitrogen and oxygen atoms in total. The predicted octanol–water partition coefficient (Wildman–Crippen LogP) is 3.07. The number of fused-ring (bicyclic) bond motifs is 1.